The number of hydrogen-bond donors (Lipinski definition) is 0. The van der Waals surface area contributed by atoms with Crippen LogP contribution in [0.3, 0.4) is 0 Å². The Labute approximate surface area is 109 Å². The van der Waals surface area contributed by atoms with E-state index in [4.69, 9.17) is 4.74 Å². The van der Waals surface area contributed by atoms with Gasteiger partial charge in [-0.1, -0.05) is 12.1 Å². The molecule has 0 atom stereocenters. The molecule has 1 aromatic heterocycles. The molecule has 0 saturated carbocycles. The molecule has 4 nitrogen and oxygen atoms in total. The lowest BCUT2D eigenvalue weighted by Crippen LogP contribution is -2.14. The van der Waals surface area contributed by atoms with Gasteiger partial charge in [-0.25, -0.2) is 13.8 Å². The van der Waals surface area contributed by atoms with Gasteiger partial charge in [0.15, 0.2) is 11.6 Å². The molecule has 0 aliphatic carbocycles. The van der Waals surface area contributed by atoms with Crippen molar-refractivity contribution in [2.75, 3.05) is 19.0 Å². The third kappa shape index (κ3) is 3.37. The molecule has 0 aliphatic heterocycles. The topological polar surface area (TPSA) is 38.2 Å². The van der Waals surface area contributed by atoms with Crippen molar-refractivity contribution in [2.45, 2.75) is 6.61 Å². The highest BCUT2D eigenvalue weighted by atomic mass is 19.1. The van der Waals surface area contributed by atoms with Gasteiger partial charge in [-0.3, -0.25) is 0 Å². The molecule has 0 aliphatic rings. The molecule has 6 heteroatoms. The minimum Gasteiger partial charge on any atom is -0.459 e. The summed E-state index contributed by atoms with van der Waals surface area (Å²) < 4.78 is 31.4. The number of rotatable bonds is 4. The molecule has 100 valence electrons. The van der Waals surface area contributed by atoms with Gasteiger partial charge in [-0.2, -0.15) is 4.98 Å². The number of halogens is 2. The van der Waals surface area contributed by atoms with Crippen LogP contribution in [0.25, 0.3) is 0 Å². The van der Waals surface area contributed by atoms with E-state index in [9.17, 15) is 8.78 Å². The molecular weight excluding hydrogens is 252 g/mol. The van der Waals surface area contributed by atoms with E-state index in [1.807, 2.05) is 0 Å². The average Bonchev–Trinajstić information content (AvgIpc) is 2.39. The first-order chi connectivity index (χ1) is 9.06. The third-order valence-electron chi connectivity index (χ3n) is 2.41. The Morgan fingerprint density at radius 1 is 1.16 bits per heavy atom. The molecule has 0 amide bonds. The van der Waals surface area contributed by atoms with Crippen LogP contribution in [0, 0.1) is 11.6 Å². The molecule has 0 bridgehead atoms. The number of hydrogen-bond acceptors (Lipinski definition) is 4. The Kier molecular flexibility index (Phi) is 3.89. The van der Waals surface area contributed by atoms with E-state index in [0.717, 1.165) is 11.8 Å². The molecule has 2 aromatic rings. The van der Waals surface area contributed by atoms with E-state index in [0.29, 0.717) is 0 Å². The summed E-state index contributed by atoms with van der Waals surface area (Å²) in [5, 5.41) is 0. The monoisotopic (exact) mass is 265 g/mol. The van der Waals surface area contributed by atoms with Gasteiger partial charge in [0.2, 0.25) is 0 Å². The van der Waals surface area contributed by atoms with Gasteiger partial charge in [0.05, 0.1) is 6.20 Å². The zero-order valence-electron chi connectivity index (χ0n) is 10.6. The van der Waals surface area contributed by atoms with Crippen LogP contribution in [0.4, 0.5) is 14.6 Å². The number of ether oxygens (including phenoxy) is 1. The van der Waals surface area contributed by atoms with E-state index >= 15 is 0 Å². The standard InChI is InChI=1S/C13H13F2N3O/c1-18(2)12-11(15)7-16-13(17-12)19-8-9-3-5-10(14)6-4-9/h3-7H,8H2,1-2H3. The summed E-state index contributed by atoms with van der Waals surface area (Å²) in [6.07, 6.45) is 1.06. The van der Waals surface area contributed by atoms with Gasteiger partial charge in [0, 0.05) is 14.1 Å². The average molecular weight is 265 g/mol. The van der Waals surface area contributed by atoms with Crippen molar-refractivity contribution in [2.24, 2.45) is 0 Å². The Balaban J connectivity index is 2.07. The Bertz CT molecular complexity index is 558. The molecule has 1 aromatic carbocycles. The van der Waals surface area contributed by atoms with E-state index < -0.39 is 5.82 Å². The van der Waals surface area contributed by atoms with Crippen LogP contribution in [-0.2, 0) is 6.61 Å². The zero-order chi connectivity index (χ0) is 13.8. The highest BCUT2D eigenvalue weighted by Gasteiger charge is 2.09. The van der Waals surface area contributed by atoms with Crippen molar-refractivity contribution in [3.8, 4) is 6.01 Å². The first-order valence-corrected chi connectivity index (χ1v) is 5.63. The quantitative estimate of drug-likeness (QED) is 0.850. The van der Waals surface area contributed by atoms with E-state index in [-0.39, 0.29) is 24.3 Å². The van der Waals surface area contributed by atoms with E-state index in [1.165, 1.54) is 17.0 Å². The summed E-state index contributed by atoms with van der Waals surface area (Å²) in [6, 6.07) is 5.97. The van der Waals surface area contributed by atoms with Gasteiger partial charge in [-0.05, 0) is 17.7 Å². The first kappa shape index (κ1) is 13.2. The van der Waals surface area contributed by atoms with Crippen molar-refractivity contribution in [1.29, 1.82) is 0 Å². The first-order valence-electron chi connectivity index (χ1n) is 5.63. The molecule has 0 N–H and O–H groups in total. The molecule has 0 spiro atoms. The summed E-state index contributed by atoms with van der Waals surface area (Å²) in [6.45, 7) is 0.193. The maximum atomic E-state index is 13.4. The molecule has 0 radical (unpaired) electrons. The lowest BCUT2D eigenvalue weighted by molar-refractivity contribution is 0.279. The molecule has 1 heterocycles. The molecular formula is C13H13F2N3O. The molecule has 19 heavy (non-hydrogen) atoms. The van der Waals surface area contributed by atoms with Crippen LogP contribution in [0.5, 0.6) is 6.01 Å². The van der Waals surface area contributed by atoms with Gasteiger partial charge in [0.1, 0.15) is 12.4 Å². The van der Waals surface area contributed by atoms with Gasteiger partial charge in [-0.15, -0.1) is 0 Å². The molecule has 0 fully saturated rings. The molecule has 0 unspecified atom stereocenters. The van der Waals surface area contributed by atoms with Crippen LogP contribution in [-0.4, -0.2) is 24.1 Å². The molecule has 0 saturated heterocycles. The normalized spacial score (nSPS) is 10.3. The number of anilines is 1. The van der Waals surface area contributed by atoms with Gasteiger partial charge < -0.3 is 9.64 Å². The summed E-state index contributed by atoms with van der Waals surface area (Å²) in [4.78, 5) is 9.22. The van der Waals surface area contributed by atoms with Crippen molar-refractivity contribution in [3.05, 3.63) is 47.7 Å². The van der Waals surface area contributed by atoms with Crippen molar-refractivity contribution in [3.63, 3.8) is 0 Å². The van der Waals surface area contributed by atoms with Crippen molar-refractivity contribution in [1.82, 2.24) is 9.97 Å². The van der Waals surface area contributed by atoms with Crippen molar-refractivity contribution >= 4 is 5.82 Å². The van der Waals surface area contributed by atoms with Gasteiger partial charge in [0.25, 0.3) is 0 Å². The van der Waals surface area contributed by atoms with E-state index in [2.05, 4.69) is 9.97 Å². The Morgan fingerprint density at radius 2 is 1.84 bits per heavy atom. The number of nitrogens with zero attached hydrogens (tertiary/aromatic N) is 3. The second kappa shape index (κ2) is 5.60. The van der Waals surface area contributed by atoms with Crippen LogP contribution in [0.2, 0.25) is 0 Å². The third-order valence-corrected chi connectivity index (χ3v) is 2.41. The van der Waals surface area contributed by atoms with E-state index in [1.54, 1.807) is 26.2 Å². The summed E-state index contributed by atoms with van der Waals surface area (Å²) in [7, 11) is 3.35. The van der Waals surface area contributed by atoms with Gasteiger partial charge >= 0.3 is 6.01 Å². The highest BCUT2D eigenvalue weighted by Crippen LogP contribution is 2.16. The fourth-order valence-electron chi connectivity index (χ4n) is 1.45. The summed E-state index contributed by atoms with van der Waals surface area (Å²) in [5.74, 6) is -0.667. The molecule has 2 rings (SSSR count). The Hall–Kier alpha value is -2.24. The predicted octanol–water partition coefficient (Wildman–Crippen LogP) is 2.40. The SMILES string of the molecule is CN(C)c1nc(OCc2ccc(F)cc2)ncc1F. The largest absolute Gasteiger partial charge is 0.459 e. The smallest absolute Gasteiger partial charge is 0.318 e. The second-order valence-electron chi connectivity index (χ2n) is 4.13. The summed E-state index contributed by atoms with van der Waals surface area (Å²) in [5.41, 5.74) is 0.778. The minimum atomic E-state index is -0.515. The maximum absolute atomic E-state index is 13.4. The number of benzene rings is 1. The number of aromatic nitrogens is 2. The predicted molar refractivity (Wildman–Crippen MR) is 67.0 cm³/mol. The fraction of sp³-hybridized carbons (Fsp3) is 0.231. The lowest BCUT2D eigenvalue weighted by atomic mass is 10.2. The van der Waals surface area contributed by atoms with Crippen LogP contribution in [0.1, 0.15) is 5.56 Å². The van der Waals surface area contributed by atoms with Crippen molar-refractivity contribution < 1.29 is 13.5 Å². The minimum absolute atomic E-state index is 0.0782. The fourth-order valence-corrected chi connectivity index (χ4v) is 1.45. The zero-order valence-corrected chi connectivity index (χ0v) is 10.6. The van der Waals surface area contributed by atoms with Crippen LogP contribution < -0.4 is 9.64 Å². The van der Waals surface area contributed by atoms with Crippen LogP contribution >= 0.6 is 0 Å². The van der Waals surface area contributed by atoms with Crippen LogP contribution in [0.15, 0.2) is 30.5 Å². The highest BCUT2D eigenvalue weighted by molar-refractivity contribution is 5.37. The maximum Gasteiger partial charge on any atom is 0.318 e. The Morgan fingerprint density at radius 3 is 2.47 bits per heavy atom. The second-order valence-corrected chi connectivity index (χ2v) is 4.13. The summed E-state index contributed by atoms with van der Waals surface area (Å²) >= 11 is 0. The lowest BCUT2D eigenvalue weighted by Gasteiger charge is -2.12.